The van der Waals surface area contributed by atoms with Crippen LogP contribution in [0.1, 0.15) is 38.1 Å². The van der Waals surface area contributed by atoms with Gasteiger partial charge in [0.2, 0.25) is 5.91 Å². The van der Waals surface area contributed by atoms with E-state index in [0.29, 0.717) is 16.3 Å². The summed E-state index contributed by atoms with van der Waals surface area (Å²) in [7, 11) is 0. The Morgan fingerprint density at radius 3 is 2.29 bits per heavy atom. The van der Waals surface area contributed by atoms with Crippen LogP contribution >= 0.6 is 11.6 Å². The highest BCUT2D eigenvalue weighted by Crippen LogP contribution is 2.20. The summed E-state index contributed by atoms with van der Waals surface area (Å²) in [6.07, 6.45) is 1.91. The van der Waals surface area contributed by atoms with Gasteiger partial charge < -0.3 is 20.3 Å². The predicted molar refractivity (Wildman–Crippen MR) is 123 cm³/mol. The number of aromatic nitrogens is 1. The smallest absolute Gasteiger partial charge is 0.251 e. The molecule has 31 heavy (non-hydrogen) atoms. The summed E-state index contributed by atoms with van der Waals surface area (Å²) in [5.74, 6) is 0.131. The van der Waals surface area contributed by atoms with E-state index >= 15 is 0 Å². The molecular weight excluding hydrogens is 416 g/mol. The Labute approximate surface area is 188 Å². The number of benzene rings is 1. The summed E-state index contributed by atoms with van der Waals surface area (Å²) in [5, 5.41) is 6.21. The van der Waals surface area contributed by atoms with E-state index in [1.54, 1.807) is 30.5 Å². The molecule has 0 radical (unpaired) electrons. The minimum Gasteiger partial charge on any atom is -0.372 e. The molecular formula is C23H29ClN4O3. The lowest BCUT2D eigenvalue weighted by atomic mass is 10.0. The summed E-state index contributed by atoms with van der Waals surface area (Å²) >= 11 is 5.88. The van der Waals surface area contributed by atoms with Crippen LogP contribution in [0.2, 0.25) is 5.02 Å². The average molecular weight is 445 g/mol. The molecule has 3 rings (SSSR count). The second-order valence-corrected chi connectivity index (χ2v) is 8.70. The molecule has 1 saturated heterocycles. The topological polar surface area (TPSA) is 83.6 Å². The Morgan fingerprint density at radius 1 is 1.10 bits per heavy atom. The SMILES string of the molecule is CC1CN(c2ccc(NC(=O)C(NC(=O)c3ccc(Cl)cc3)C(C)C)cn2)CC(C)O1. The Hall–Kier alpha value is -2.64. The summed E-state index contributed by atoms with van der Waals surface area (Å²) in [5.41, 5.74) is 1.03. The molecule has 7 nitrogen and oxygen atoms in total. The Morgan fingerprint density at radius 2 is 1.74 bits per heavy atom. The molecule has 1 aromatic heterocycles. The largest absolute Gasteiger partial charge is 0.372 e. The van der Waals surface area contributed by atoms with Gasteiger partial charge in [0.15, 0.2) is 0 Å². The van der Waals surface area contributed by atoms with Crippen molar-refractivity contribution in [1.82, 2.24) is 10.3 Å². The van der Waals surface area contributed by atoms with Crippen LogP contribution in [0.15, 0.2) is 42.6 Å². The zero-order chi connectivity index (χ0) is 22.5. The lowest BCUT2D eigenvalue weighted by Gasteiger charge is -2.36. The maximum Gasteiger partial charge on any atom is 0.251 e. The number of amides is 2. The first-order valence-electron chi connectivity index (χ1n) is 10.5. The van der Waals surface area contributed by atoms with Gasteiger partial charge in [-0.25, -0.2) is 4.98 Å². The maximum atomic E-state index is 12.8. The summed E-state index contributed by atoms with van der Waals surface area (Å²) < 4.78 is 5.76. The molecule has 8 heteroatoms. The number of pyridine rings is 1. The Kier molecular flexibility index (Phi) is 7.51. The van der Waals surface area contributed by atoms with Gasteiger partial charge in [-0.15, -0.1) is 0 Å². The van der Waals surface area contributed by atoms with Crippen LogP contribution in [0.4, 0.5) is 11.5 Å². The number of morpholine rings is 1. The van der Waals surface area contributed by atoms with Gasteiger partial charge >= 0.3 is 0 Å². The molecule has 3 unspecified atom stereocenters. The third-order valence-electron chi connectivity index (χ3n) is 5.10. The van der Waals surface area contributed by atoms with Gasteiger partial charge in [0.1, 0.15) is 11.9 Å². The minimum atomic E-state index is -0.691. The van der Waals surface area contributed by atoms with E-state index in [1.165, 1.54) is 0 Å². The van der Waals surface area contributed by atoms with Crippen molar-refractivity contribution in [1.29, 1.82) is 0 Å². The first-order chi connectivity index (χ1) is 14.7. The lowest BCUT2D eigenvalue weighted by molar-refractivity contribution is -0.118. The van der Waals surface area contributed by atoms with Crippen molar-refractivity contribution in [3.8, 4) is 0 Å². The molecule has 2 aromatic rings. The zero-order valence-corrected chi connectivity index (χ0v) is 19.0. The van der Waals surface area contributed by atoms with Crippen LogP contribution in [0, 0.1) is 5.92 Å². The van der Waals surface area contributed by atoms with Crippen LogP contribution in [0.25, 0.3) is 0 Å². The fourth-order valence-electron chi connectivity index (χ4n) is 3.59. The molecule has 3 atom stereocenters. The van der Waals surface area contributed by atoms with Crippen molar-refractivity contribution in [3.63, 3.8) is 0 Å². The number of carbonyl (C=O) groups excluding carboxylic acids is 2. The molecule has 0 spiro atoms. The van der Waals surface area contributed by atoms with E-state index in [4.69, 9.17) is 16.3 Å². The van der Waals surface area contributed by atoms with Crippen molar-refractivity contribution < 1.29 is 14.3 Å². The first-order valence-corrected chi connectivity index (χ1v) is 10.8. The number of hydrogen-bond donors (Lipinski definition) is 2. The van der Waals surface area contributed by atoms with Gasteiger partial charge in [-0.05, 0) is 56.2 Å². The van der Waals surface area contributed by atoms with E-state index in [2.05, 4.69) is 20.5 Å². The van der Waals surface area contributed by atoms with Gasteiger partial charge in [0.05, 0.1) is 24.1 Å². The molecule has 2 amide bonds. The standard InChI is InChI=1S/C23H29ClN4O3/c1-14(2)21(27-22(29)17-5-7-18(24)8-6-17)23(30)26-19-9-10-20(25-11-19)28-12-15(3)31-16(4)13-28/h5-11,14-16,21H,12-13H2,1-4H3,(H,26,30)(H,27,29). The molecule has 166 valence electrons. The highest BCUT2D eigenvalue weighted by Gasteiger charge is 2.26. The van der Waals surface area contributed by atoms with E-state index in [9.17, 15) is 9.59 Å². The molecule has 2 heterocycles. The van der Waals surface area contributed by atoms with Gasteiger partial charge in [-0.1, -0.05) is 25.4 Å². The normalized spacial score (nSPS) is 19.7. The Balaban J connectivity index is 1.63. The highest BCUT2D eigenvalue weighted by molar-refractivity contribution is 6.30. The van der Waals surface area contributed by atoms with E-state index < -0.39 is 6.04 Å². The lowest BCUT2D eigenvalue weighted by Crippen LogP contribution is -2.47. The van der Waals surface area contributed by atoms with Crippen LogP contribution < -0.4 is 15.5 Å². The van der Waals surface area contributed by atoms with Gasteiger partial charge in [-0.3, -0.25) is 9.59 Å². The number of hydrogen-bond acceptors (Lipinski definition) is 5. The summed E-state index contributed by atoms with van der Waals surface area (Å²) in [6, 6.07) is 9.56. The van der Waals surface area contributed by atoms with Crippen LogP contribution in [0.5, 0.6) is 0 Å². The molecule has 1 aliphatic heterocycles. The van der Waals surface area contributed by atoms with Gasteiger partial charge in [-0.2, -0.15) is 0 Å². The third-order valence-corrected chi connectivity index (χ3v) is 5.35. The van der Waals surface area contributed by atoms with E-state index in [0.717, 1.165) is 18.9 Å². The summed E-state index contributed by atoms with van der Waals surface area (Å²) in [6.45, 7) is 9.40. The molecule has 1 aliphatic rings. The number of halogens is 1. The molecule has 0 saturated carbocycles. The van der Waals surface area contributed by atoms with Crippen LogP contribution in [-0.4, -0.2) is 48.1 Å². The fraction of sp³-hybridized carbons (Fsp3) is 0.435. The number of nitrogens with one attached hydrogen (secondary N) is 2. The van der Waals surface area contributed by atoms with Crippen LogP contribution in [-0.2, 0) is 9.53 Å². The molecule has 2 N–H and O–H groups in total. The summed E-state index contributed by atoms with van der Waals surface area (Å²) in [4.78, 5) is 32.1. The Bertz CT molecular complexity index is 892. The maximum absolute atomic E-state index is 12.8. The number of nitrogens with zero attached hydrogens (tertiary/aromatic N) is 2. The molecule has 0 aliphatic carbocycles. The quantitative estimate of drug-likeness (QED) is 0.709. The first kappa shape index (κ1) is 23.0. The number of anilines is 2. The van der Waals surface area contributed by atoms with Gasteiger partial charge in [0, 0.05) is 23.7 Å². The van der Waals surface area contributed by atoms with E-state index in [-0.39, 0.29) is 29.9 Å². The predicted octanol–water partition coefficient (Wildman–Crippen LogP) is 3.74. The zero-order valence-electron chi connectivity index (χ0n) is 18.3. The highest BCUT2D eigenvalue weighted by atomic mass is 35.5. The van der Waals surface area contributed by atoms with Crippen molar-refractivity contribution in [2.24, 2.45) is 5.92 Å². The van der Waals surface area contributed by atoms with Gasteiger partial charge in [0.25, 0.3) is 5.91 Å². The minimum absolute atomic E-state index is 0.0974. The molecule has 1 aromatic carbocycles. The van der Waals surface area contributed by atoms with Crippen molar-refractivity contribution >= 4 is 34.9 Å². The number of ether oxygens (including phenoxy) is 1. The molecule has 1 fully saturated rings. The second kappa shape index (κ2) is 10.1. The van der Waals surface area contributed by atoms with Crippen molar-refractivity contribution in [3.05, 3.63) is 53.2 Å². The second-order valence-electron chi connectivity index (χ2n) is 8.26. The van der Waals surface area contributed by atoms with Crippen LogP contribution in [0.3, 0.4) is 0 Å². The number of carbonyl (C=O) groups is 2. The monoisotopic (exact) mass is 444 g/mol. The average Bonchev–Trinajstić information content (AvgIpc) is 2.72. The fourth-order valence-corrected chi connectivity index (χ4v) is 3.72. The molecule has 0 bridgehead atoms. The van der Waals surface area contributed by atoms with E-state index in [1.807, 2.05) is 39.8 Å². The number of rotatable bonds is 6. The third kappa shape index (κ3) is 6.18. The van der Waals surface area contributed by atoms with Crippen molar-refractivity contribution in [2.45, 2.75) is 45.9 Å². The van der Waals surface area contributed by atoms with Crippen molar-refractivity contribution in [2.75, 3.05) is 23.3 Å².